The van der Waals surface area contributed by atoms with Crippen LogP contribution in [0.5, 0.6) is 0 Å². The van der Waals surface area contributed by atoms with Gasteiger partial charge < -0.3 is 4.90 Å². The van der Waals surface area contributed by atoms with E-state index in [1.807, 2.05) is 0 Å². The Morgan fingerprint density at radius 1 is 0.923 bits per heavy atom. The number of rotatable bonds is 8. The largest absolute Gasteiger partial charge is 0.303 e. The maximum atomic E-state index is 3.06. The Morgan fingerprint density at radius 3 is 1.92 bits per heavy atom. The summed E-state index contributed by atoms with van der Waals surface area (Å²) in [4.78, 5) is 2.81. The lowest BCUT2D eigenvalue weighted by molar-refractivity contribution is 0.0378. The highest BCUT2D eigenvalue weighted by atomic mass is 31.0. The molecule has 2 aliphatic rings. The molecule has 2 fully saturated rings. The van der Waals surface area contributed by atoms with Gasteiger partial charge in [-0.3, -0.25) is 0 Å². The molecule has 1 aliphatic carbocycles. The van der Waals surface area contributed by atoms with Gasteiger partial charge in [-0.05, 0) is 79.4 Å². The molecule has 2 heteroatoms. The van der Waals surface area contributed by atoms with Crippen molar-refractivity contribution in [2.24, 2.45) is 28.6 Å². The molecule has 1 aliphatic heterocycles. The Hall–Kier alpha value is 0.390. The molecule has 154 valence electrons. The highest BCUT2D eigenvalue weighted by Gasteiger charge is 2.40. The van der Waals surface area contributed by atoms with E-state index < -0.39 is 0 Å². The molecule has 3 unspecified atom stereocenters. The number of hydrogen-bond acceptors (Lipinski definition) is 1. The number of hydrogen-bond donors (Lipinski definition) is 0. The SMILES string of the molecule is CCC1CCC(CN2CCC(C(C)(CC)CC(C)(C)C(C)P)CC2)CC1. The predicted molar refractivity (Wildman–Crippen MR) is 121 cm³/mol. The minimum atomic E-state index is 0.421. The van der Waals surface area contributed by atoms with Crippen LogP contribution in [0.3, 0.4) is 0 Å². The molecule has 1 saturated heterocycles. The van der Waals surface area contributed by atoms with Crippen LogP contribution < -0.4 is 0 Å². The molecular formula is C24H48NP. The van der Waals surface area contributed by atoms with Crippen LogP contribution in [0.15, 0.2) is 0 Å². The van der Waals surface area contributed by atoms with E-state index in [0.29, 0.717) is 16.5 Å². The van der Waals surface area contributed by atoms with Crippen molar-refractivity contribution in [1.29, 1.82) is 0 Å². The second-order valence-electron chi connectivity index (χ2n) is 10.8. The van der Waals surface area contributed by atoms with Crippen molar-refractivity contribution >= 4 is 9.24 Å². The third-order valence-electron chi connectivity index (χ3n) is 8.53. The van der Waals surface area contributed by atoms with Crippen molar-refractivity contribution in [3.63, 3.8) is 0 Å². The fourth-order valence-electron chi connectivity index (χ4n) is 5.76. The van der Waals surface area contributed by atoms with Crippen LogP contribution in [0.4, 0.5) is 0 Å². The Morgan fingerprint density at radius 2 is 1.46 bits per heavy atom. The number of piperidine rings is 1. The van der Waals surface area contributed by atoms with E-state index in [2.05, 4.69) is 55.7 Å². The van der Waals surface area contributed by atoms with Crippen molar-refractivity contribution in [1.82, 2.24) is 4.90 Å². The normalized spacial score (nSPS) is 30.1. The van der Waals surface area contributed by atoms with Crippen LogP contribution in [0.1, 0.15) is 99.3 Å². The van der Waals surface area contributed by atoms with Crippen molar-refractivity contribution in [3.8, 4) is 0 Å². The standard InChI is InChI=1S/C24H48NP/c1-7-20-9-11-21(12-10-20)17-25-15-13-22(14-16-25)24(6,8-2)18-23(4,5)19(3)26/h19-22H,7-18,26H2,1-6H3. The first-order valence-corrected chi connectivity index (χ1v) is 12.3. The molecule has 2 rings (SSSR count). The van der Waals surface area contributed by atoms with Crippen LogP contribution in [0.25, 0.3) is 0 Å². The molecule has 1 heterocycles. The molecule has 1 nitrogen and oxygen atoms in total. The van der Waals surface area contributed by atoms with E-state index in [4.69, 9.17) is 0 Å². The molecule has 0 N–H and O–H groups in total. The Labute approximate surface area is 167 Å². The Balaban J connectivity index is 1.82. The fraction of sp³-hybridized carbons (Fsp3) is 1.00. The smallest absolute Gasteiger partial charge is 0.000966 e. The van der Waals surface area contributed by atoms with Gasteiger partial charge in [0.2, 0.25) is 0 Å². The second kappa shape index (κ2) is 9.73. The summed E-state index contributed by atoms with van der Waals surface area (Å²) in [6.45, 7) is 18.8. The minimum absolute atomic E-state index is 0.421. The molecule has 0 aromatic rings. The summed E-state index contributed by atoms with van der Waals surface area (Å²) < 4.78 is 0. The van der Waals surface area contributed by atoms with Crippen LogP contribution in [0.2, 0.25) is 0 Å². The van der Waals surface area contributed by atoms with Gasteiger partial charge in [0.25, 0.3) is 0 Å². The first kappa shape index (κ1) is 22.7. The average molecular weight is 382 g/mol. The maximum absolute atomic E-state index is 3.06. The van der Waals surface area contributed by atoms with Gasteiger partial charge in [0.15, 0.2) is 0 Å². The van der Waals surface area contributed by atoms with Crippen molar-refractivity contribution < 1.29 is 0 Å². The molecule has 0 radical (unpaired) electrons. The average Bonchev–Trinajstić information content (AvgIpc) is 2.62. The van der Waals surface area contributed by atoms with Gasteiger partial charge >= 0.3 is 0 Å². The van der Waals surface area contributed by atoms with Crippen LogP contribution in [0, 0.1) is 28.6 Å². The lowest BCUT2D eigenvalue weighted by Gasteiger charge is -2.47. The molecule has 0 aromatic carbocycles. The zero-order valence-electron chi connectivity index (χ0n) is 18.8. The first-order valence-electron chi connectivity index (χ1n) is 11.7. The zero-order chi connectivity index (χ0) is 19.4. The minimum Gasteiger partial charge on any atom is -0.303 e. The van der Waals surface area contributed by atoms with Crippen LogP contribution in [-0.4, -0.2) is 30.2 Å². The lowest BCUT2D eigenvalue weighted by Crippen LogP contribution is -2.44. The molecule has 1 saturated carbocycles. The van der Waals surface area contributed by atoms with Gasteiger partial charge in [0.05, 0.1) is 0 Å². The summed E-state index contributed by atoms with van der Waals surface area (Å²) in [6, 6.07) is 0. The number of nitrogens with zero attached hydrogens (tertiary/aromatic N) is 1. The lowest BCUT2D eigenvalue weighted by atomic mass is 9.62. The molecule has 0 aromatic heterocycles. The van der Waals surface area contributed by atoms with Gasteiger partial charge in [-0.25, -0.2) is 0 Å². The molecule has 3 atom stereocenters. The topological polar surface area (TPSA) is 3.24 Å². The van der Waals surface area contributed by atoms with Gasteiger partial charge in [0, 0.05) is 6.54 Å². The van der Waals surface area contributed by atoms with Gasteiger partial charge in [-0.15, -0.1) is 9.24 Å². The maximum Gasteiger partial charge on any atom is 0.000966 e. The van der Waals surface area contributed by atoms with E-state index in [0.717, 1.165) is 17.8 Å². The summed E-state index contributed by atoms with van der Waals surface area (Å²) in [5.41, 5.74) is 1.62. The van der Waals surface area contributed by atoms with Crippen molar-refractivity contribution in [2.75, 3.05) is 19.6 Å². The van der Waals surface area contributed by atoms with Crippen LogP contribution >= 0.6 is 9.24 Å². The summed E-state index contributed by atoms with van der Waals surface area (Å²) >= 11 is 0. The van der Waals surface area contributed by atoms with Gasteiger partial charge in [0.1, 0.15) is 0 Å². The van der Waals surface area contributed by atoms with E-state index in [1.165, 1.54) is 77.4 Å². The molecule has 0 spiro atoms. The van der Waals surface area contributed by atoms with E-state index in [9.17, 15) is 0 Å². The molecule has 26 heavy (non-hydrogen) atoms. The monoisotopic (exact) mass is 381 g/mol. The highest BCUT2D eigenvalue weighted by molar-refractivity contribution is 7.17. The summed E-state index contributed by atoms with van der Waals surface area (Å²) in [7, 11) is 3.06. The Bertz CT molecular complexity index is 402. The van der Waals surface area contributed by atoms with E-state index >= 15 is 0 Å². The molecular weight excluding hydrogens is 333 g/mol. The van der Waals surface area contributed by atoms with E-state index in [-0.39, 0.29) is 0 Å². The van der Waals surface area contributed by atoms with Crippen LogP contribution in [-0.2, 0) is 0 Å². The quantitative estimate of drug-likeness (QED) is 0.409. The summed E-state index contributed by atoms with van der Waals surface area (Å²) in [6.07, 6.45) is 12.9. The third kappa shape index (κ3) is 5.94. The fourth-order valence-corrected chi connectivity index (χ4v) is 5.88. The van der Waals surface area contributed by atoms with E-state index in [1.54, 1.807) is 0 Å². The van der Waals surface area contributed by atoms with Crippen molar-refractivity contribution in [2.45, 2.75) is 105 Å². The zero-order valence-corrected chi connectivity index (χ0v) is 20.0. The van der Waals surface area contributed by atoms with Gasteiger partial charge in [-0.1, -0.05) is 67.2 Å². The van der Waals surface area contributed by atoms with Crippen molar-refractivity contribution in [3.05, 3.63) is 0 Å². The number of likely N-dealkylation sites (tertiary alicyclic amines) is 1. The first-order chi connectivity index (χ1) is 12.2. The Kier molecular flexibility index (Phi) is 8.49. The van der Waals surface area contributed by atoms with Gasteiger partial charge in [-0.2, -0.15) is 0 Å². The second-order valence-corrected chi connectivity index (χ2v) is 11.8. The third-order valence-corrected chi connectivity index (χ3v) is 9.44. The predicted octanol–water partition coefficient (Wildman–Crippen LogP) is 7.01. The molecule has 0 bridgehead atoms. The summed E-state index contributed by atoms with van der Waals surface area (Å²) in [5.74, 6) is 2.94. The highest BCUT2D eigenvalue weighted by Crippen LogP contribution is 2.48. The summed E-state index contributed by atoms with van der Waals surface area (Å²) in [5, 5.41) is 0. The molecule has 0 amide bonds.